The molecule has 0 saturated heterocycles. The predicted octanol–water partition coefficient (Wildman–Crippen LogP) is 5.72. The molecule has 2 amide bonds. The Morgan fingerprint density at radius 1 is 1.41 bits per heavy atom. The van der Waals surface area contributed by atoms with Crippen molar-refractivity contribution in [3.05, 3.63) is 30.2 Å². The fraction of sp³-hybridized carbons (Fsp3) is 0.500. The van der Waals surface area contributed by atoms with Crippen LogP contribution >= 0.6 is 23.1 Å². The van der Waals surface area contributed by atoms with Crippen molar-refractivity contribution in [1.82, 2.24) is 4.98 Å². The number of benzene rings is 1. The SMILES string of the molecule is CCOc1ccc(N(CC2CCCC2)C(=O)Nc2ncc(SCC(C)C(=O)O)s2)c(F)c1. The van der Waals surface area contributed by atoms with Gasteiger partial charge < -0.3 is 9.84 Å². The smallest absolute Gasteiger partial charge is 0.328 e. The molecule has 0 aliphatic heterocycles. The van der Waals surface area contributed by atoms with E-state index in [4.69, 9.17) is 9.84 Å². The molecule has 3 rings (SSSR count). The summed E-state index contributed by atoms with van der Waals surface area (Å²) in [5, 5.41) is 12.2. The lowest BCUT2D eigenvalue weighted by Gasteiger charge is -2.26. The molecule has 7 nitrogen and oxygen atoms in total. The van der Waals surface area contributed by atoms with E-state index in [1.54, 1.807) is 25.3 Å². The maximum Gasteiger partial charge on any atom is 0.328 e. The number of thioether (sulfide) groups is 1. The Bertz CT molecular complexity index is 934. The third-order valence-electron chi connectivity index (χ3n) is 5.28. The van der Waals surface area contributed by atoms with E-state index in [2.05, 4.69) is 10.3 Å². The van der Waals surface area contributed by atoms with E-state index in [-0.39, 0.29) is 5.69 Å². The number of carbonyl (C=O) groups excluding carboxylic acids is 1. The minimum Gasteiger partial charge on any atom is -0.494 e. The molecule has 2 aromatic rings. The number of carboxylic acid groups (broad SMARTS) is 1. The minimum absolute atomic E-state index is 0.208. The van der Waals surface area contributed by atoms with Gasteiger partial charge in [0.25, 0.3) is 0 Å². The molecular formula is C22H28FN3O4S2. The van der Waals surface area contributed by atoms with Crippen LogP contribution in [0, 0.1) is 17.7 Å². The van der Waals surface area contributed by atoms with Gasteiger partial charge in [0.2, 0.25) is 0 Å². The lowest BCUT2D eigenvalue weighted by Crippen LogP contribution is -2.38. The monoisotopic (exact) mass is 481 g/mol. The van der Waals surface area contributed by atoms with Gasteiger partial charge in [-0.15, -0.1) is 11.8 Å². The highest BCUT2D eigenvalue weighted by Gasteiger charge is 2.26. The first kappa shape index (κ1) is 24.3. The Hall–Kier alpha value is -2.33. The number of aromatic nitrogens is 1. The highest BCUT2D eigenvalue weighted by molar-refractivity contribution is 8.01. The number of carboxylic acids is 1. The van der Waals surface area contributed by atoms with Gasteiger partial charge in [-0.05, 0) is 37.8 Å². The highest BCUT2D eigenvalue weighted by atomic mass is 32.2. The molecule has 1 saturated carbocycles. The molecule has 10 heteroatoms. The Morgan fingerprint density at radius 2 is 2.16 bits per heavy atom. The number of hydrogen-bond donors (Lipinski definition) is 2. The van der Waals surface area contributed by atoms with E-state index in [9.17, 15) is 14.0 Å². The average Bonchev–Trinajstić information content (AvgIpc) is 3.43. The summed E-state index contributed by atoms with van der Waals surface area (Å²) < 4.78 is 21.0. The van der Waals surface area contributed by atoms with Crippen molar-refractivity contribution in [2.24, 2.45) is 11.8 Å². The van der Waals surface area contributed by atoms with Crippen LogP contribution in [0.3, 0.4) is 0 Å². The average molecular weight is 482 g/mol. The lowest BCUT2D eigenvalue weighted by atomic mass is 10.1. The number of anilines is 2. The minimum atomic E-state index is -0.851. The topological polar surface area (TPSA) is 91.8 Å². The summed E-state index contributed by atoms with van der Waals surface area (Å²) in [6.45, 7) is 4.33. The number of hydrogen-bond acceptors (Lipinski definition) is 6. The van der Waals surface area contributed by atoms with Crippen LogP contribution in [0.15, 0.2) is 28.6 Å². The van der Waals surface area contributed by atoms with E-state index in [0.717, 1.165) is 29.9 Å². The molecule has 174 valence electrons. The maximum absolute atomic E-state index is 14.9. The normalized spacial score (nSPS) is 14.8. The van der Waals surface area contributed by atoms with Crippen LogP contribution in [0.1, 0.15) is 39.5 Å². The number of urea groups is 1. The summed E-state index contributed by atoms with van der Waals surface area (Å²) in [6.07, 6.45) is 5.88. The number of amides is 2. The lowest BCUT2D eigenvalue weighted by molar-refractivity contribution is -0.140. The van der Waals surface area contributed by atoms with Crippen molar-refractivity contribution in [3.8, 4) is 5.75 Å². The zero-order valence-electron chi connectivity index (χ0n) is 18.2. The van der Waals surface area contributed by atoms with Gasteiger partial charge in [0, 0.05) is 18.4 Å². The third kappa shape index (κ3) is 6.59. The number of aliphatic carboxylic acids is 1. The Kier molecular flexibility index (Phi) is 8.75. The predicted molar refractivity (Wildman–Crippen MR) is 126 cm³/mol. The number of thiazole rings is 1. The summed E-state index contributed by atoms with van der Waals surface area (Å²) in [4.78, 5) is 29.8. The summed E-state index contributed by atoms with van der Waals surface area (Å²) in [7, 11) is 0. The number of rotatable bonds is 10. The molecule has 0 spiro atoms. The third-order valence-corrected chi connectivity index (χ3v) is 7.64. The first-order valence-corrected chi connectivity index (χ1v) is 12.5. The van der Waals surface area contributed by atoms with Gasteiger partial charge in [-0.2, -0.15) is 0 Å². The van der Waals surface area contributed by atoms with Gasteiger partial charge in [-0.3, -0.25) is 15.0 Å². The van der Waals surface area contributed by atoms with Gasteiger partial charge in [0.15, 0.2) is 10.9 Å². The van der Waals surface area contributed by atoms with Crippen molar-refractivity contribution < 1.29 is 23.8 Å². The first-order valence-electron chi connectivity index (χ1n) is 10.7. The first-order chi connectivity index (χ1) is 15.4. The number of nitrogens with zero attached hydrogens (tertiary/aromatic N) is 2. The van der Waals surface area contributed by atoms with E-state index in [1.165, 1.54) is 34.1 Å². The van der Waals surface area contributed by atoms with Gasteiger partial charge in [0.1, 0.15) is 5.75 Å². The van der Waals surface area contributed by atoms with Crippen molar-refractivity contribution >= 4 is 45.9 Å². The van der Waals surface area contributed by atoms with Crippen LogP contribution in [0.2, 0.25) is 0 Å². The Labute approximate surface area is 195 Å². The van der Waals surface area contributed by atoms with Gasteiger partial charge in [-0.25, -0.2) is 14.2 Å². The van der Waals surface area contributed by atoms with E-state index in [1.807, 2.05) is 6.92 Å². The molecule has 0 bridgehead atoms. The van der Waals surface area contributed by atoms with Crippen LogP contribution < -0.4 is 15.0 Å². The van der Waals surface area contributed by atoms with Gasteiger partial charge in [-0.1, -0.05) is 31.1 Å². The molecule has 2 N–H and O–H groups in total. The summed E-state index contributed by atoms with van der Waals surface area (Å²) in [6, 6.07) is 4.10. The van der Waals surface area contributed by atoms with Crippen molar-refractivity contribution in [3.63, 3.8) is 0 Å². The molecule has 1 heterocycles. The van der Waals surface area contributed by atoms with Crippen LogP contribution in [-0.2, 0) is 4.79 Å². The summed E-state index contributed by atoms with van der Waals surface area (Å²) in [5.41, 5.74) is 0.208. The van der Waals surface area contributed by atoms with Crippen LogP contribution in [0.25, 0.3) is 0 Å². The molecule has 1 atom stereocenters. The maximum atomic E-state index is 14.9. The van der Waals surface area contributed by atoms with E-state index < -0.39 is 23.7 Å². The molecule has 1 fully saturated rings. The van der Waals surface area contributed by atoms with Crippen molar-refractivity contribution in [2.45, 2.75) is 43.7 Å². The zero-order chi connectivity index (χ0) is 23.1. The standard InChI is InChI=1S/C22H28FN3O4S2/c1-3-30-16-8-9-18(17(23)10-16)26(12-15-6-4-5-7-15)22(29)25-21-24-11-19(32-21)31-13-14(2)20(27)28/h8-11,14-15H,3-7,12-13H2,1-2H3,(H,27,28)(H,24,25,29). The van der Waals surface area contributed by atoms with Crippen LogP contribution in [0.5, 0.6) is 5.75 Å². The van der Waals surface area contributed by atoms with Crippen LogP contribution in [-0.4, -0.2) is 41.0 Å². The Balaban J connectivity index is 1.72. The molecule has 1 unspecified atom stereocenters. The van der Waals surface area contributed by atoms with Gasteiger partial charge >= 0.3 is 12.0 Å². The molecule has 1 aromatic carbocycles. The van der Waals surface area contributed by atoms with E-state index >= 15 is 0 Å². The van der Waals surface area contributed by atoms with E-state index in [0.29, 0.717) is 35.7 Å². The largest absolute Gasteiger partial charge is 0.494 e. The molecule has 1 aromatic heterocycles. The quantitative estimate of drug-likeness (QED) is 0.422. The molecule has 0 radical (unpaired) electrons. The second kappa shape index (κ2) is 11.5. The molecular weight excluding hydrogens is 453 g/mol. The second-order valence-electron chi connectivity index (χ2n) is 7.77. The summed E-state index contributed by atoms with van der Waals surface area (Å²) in [5.74, 6) is -0.683. The highest BCUT2D eigenvalue weighted by Crippen LogP contribution is 2.32. The summed E-state index contributed by atoms with van der Waals surface area (Å²) >= 11 is 2.65. The van der Waals surface area contributed by atoms with Gasteiger partial charge in [0.05, 0.1) is 28.6 Å². The zero-order valence-corrected chi connectivity index (χ0v) is 19.8. The van der Waals surface area contributed by atoms with Crippen molar-refractivity contribution in [2.75, 3.05) is 29.1 Å². The Morgan fingerprint density at radius 3 is 2.81 bits per heavy atom. The van der Waals surface area contributed by atoms with Crippen molar-refractivity contribution in [1.29, 1.82) is 0 Å². The number of carbonyl (C=O) groups is 2. The number of halogens is 1. The fourth-order valence-electron chi connectivity index (χ4n) is 3.53. The van der Waals surface area contributed by atoms with Crippen LogP contribution in [0.4, 0.5) is 20.0 Å². The molecule has 1 aliphatic rings. The second-order valence-corrected chi connectivity index (χ2v) is 10.1. The molecule has 1 aliphatic carbocycles. The fourth-order valence-corrected chi connectivity index (χ4v) is 5.43. The molecule has 32 heavy (non-hydrogen) atoms. The number of nitrogens with one attached hydrogen (secondary N) is 1. The number of ether oxygens (including phenoxy) is 1.